The summed E-state index contributed by atoms with van der Waals surface area (Å²) in [5.41, 5.74) is 8.56. The van der Waals surface area contributed by atoms with Crippen LogP contribution in [-0.2, 0) is 9.53 Å². The van der Waals surface area contributed by atoms with Gasteiger partial charge >= 0.3 is 6.03 Å². The van der Waals surface area contributed by atoms with Crippen LogP contribution in [0.1, 0.15) is 39.0 Å². The topological polar surface area (TPSA) is 92.9 Å². The van der Waals surface area contributed by atoms with Crippen molar-refractivity contribution in [2.75, 3.05) is 26.3 Å². The molecule has 0 radical (unpaired) electrons. The molecule has 0 spiro atoms. The van der Waals surface area contributed by atoms with Crippen LogP contribution in [0.3, 0.4) is 0 Å². The Bertz CT molecular complexity index is 1380. The van der Waals surface area contributed by atoms with Crippen molar-refractivity contribution < 1.29 is 23.5 Å². The summed E-state index contributed by atoms with van der Waals surface area (Å²) in [6, 6.07) is 17.3. The number of Topliss-reactive ketones (excluding diaryl/α,β-unsaturated/α-hetero) is 1. The molecule has 2 saturated heterocycles. The number of hydrogen-bond acceptors (Lipinski definition) is 4. The smallest absolute Gasteiger partial charge is 0.321 e. The molecule has 202 valence electrons. The van der Waals surface area contributed by atoms with Crippen molar-refractivity contribution in [3.05, 3.63) is 106 Å². The quantitative estimate of drug-likeness (QED) is 0.466. The van der Waals surface area contributed by atoms with Crippen molar-refractivity contribution in [3.63, 3.8) is 0 Å². The van der Waals surface area contributed by atoms with Gasteiger partial charge in [0.05, 0.1) is 25.2 Å². The molecular formula is C30H29ClFN3O4. The molecule has 2 fully saturated rings. The van der Waals surface area contributed by atoms with Crippen LogP contribution in [0.4, 0.5) is 9.18 Å². The van der Waals surface area contributed by atoms with E-state index in [1.165, 1.54) is 17.0 Å². The molecule has 39 heavy (non-hydrogen) atoms. The standard InChI is InChI=1S/C30H29ClFN3O4/c1-18-3-2-4-21(17-18)28(36)25-24(19-7-11-23(32)12-8-19)27(29(33)37)35(30(38)34-13-15-39-16-14-34)26(25)20-5-9-22(31)10-6-20/h2-12,17,24-27H,13-16H2,1H3,(H2,33,37). The zero-order valence-corrected chi connectivity index (χ0v) is 22.2. The average Bonchev–Trinajstić information content (AvgIpc) is 3.30. The largest absolute Gasteiger partial charge is 0.378 e. The maximum absolute atomic E-state index is 14.4. The van der Waals surface area contributed by atoms with Crippen molar-refractivity contribution in [2.24, 2.45) is 11.7 Å². The van der Waals surface area contributed by atoms with Crippen LogP contribution < -0.4 is 5.73 Å². The van der Waals surface area contributed by atoms with Crippen LogP contribution in [0.25, 0.3) is 0 Å². The maximum Gasteiger partial charge on any atom is 0.321 e. The van der Waals surface area contributed by atoms with Gasteiger partial charge in [-0.05, 0) is 48.4 Å². The van der Waals surface area contributed by atoms with E-state index >= 15 is 0 Å². The highest BCUT2D eigenvalue weighted by molar-refractivity contribution is 6.30. The summed E-state index contributed by atoms with van der Waals surface area (Å²) in [6.45, 7) is 3.29. The number of halogens is 2. The number of carbonyl (C=O) groups excluding carboxylic acids is 3. The third kappa shape index (κ3) is 5.27. The number of nitrogens with zero attached hydrogens (tertiary/aromatic N) is 2. The van der Waals surface area contributed by atoms with Gasteiger partial charge in [-0.25, -0.2) is 9.18 Å². The molecule has 5 rings (SSSR count). The lowest BCUT2D eigenvalue weighted by atomic mass is 9.76. The van der Waals surface area contributed by atoms with Gasteiger partial charge in [0.2, 0.25) is 5.91 Å². The summed E-state index contributed by atoms with van der Waals surface area (Å²) in [7, 11) is 0. The lowest BCUT2D eigenvalue weighted by Crippen LogP contribution is -2.54. The lowest BCUT2D eigenvalue weighted by Gasteiger charge is -2.37. The second-order valence-corrected chi connectivity index (χ2v) is 10.4. The van der Waals surface area contributed by atoms with E-state index in [2.05, 4.69) is 0 Å². The Morgan fingerprint density at radius 1 is 0.949 bits per heavy atom. The van der Waals surface area contributed by atoms with Gasteiger partial charge < -0.3 is 20.3 Å². The number of amides is 3. The van der Waals surface area contributed by atoms with Gasteiger partial charge in [0.15, 0.2) is 5.78 Å². The van der Waals surface area contributed by atoms with E-state index < -0.39 is 41.7 Å². The van der Waals surface area contributed by atoms with Crippen molar-refractivity contribution >= 4 is 29.3 Å². The van der Waals surface area contributed by atoms with Gasteiger partial charge in [-0.15, -0.1) is 0 Å². The van der Waals surface area contributed by atoms with Gasteiger partial charge in [0, 0.05) is 29.6 Å². The van der Waals surface area contributed by atoms with Crippen LogP contribution in [-0.4, -0.2) is 59.9 Å². The molecule has 2 aliphatic heterocycles. The minimum Gasteiger partial charge on any atom is -0.378 e. The molecule has 2 N–H and O–H groups in total. The minimum atomic E-state index is -1.16. The molecule has 3 amide bonds. The first kappa shape index (κ1) is 26.8. The van der Waals surface area contributed by atoms with E-state index in [1.807, 2.05) is 13.0 Å². The number of ketones is 1. The Kier molecular flexibility index (Phi) is 7.68. The molecule has 2 aliphatic rings. The summed E-state index contributed by atoms with van der Waals surface area (Å²) in [5.74, 6) is -3.15. The number of ether oxygens (including phenoxy) is 1. The van der Waals surface area contributed by atoms with Gasteiger partial charge in [-0.1, -0.05) is 59.6 Å². The summed E-state index contributed by atoms with van der Waals surface area (Å²) in [6.07, 6.45) is 0. The SMILES string of the molecule is Cc1cccc(C(=O)C2C(c3ccc(F)cc3)C(C(N)=O)N(C(=O)N3CCOCC3)C2c2ccc(Cl)cc2)c1. The number of aryl methyl sites for hydroxylation is 1. The molecule has 2 heterocycles. The highest BCUT2D eigenvalue weighted by Gasteiger charge is 2.57. The normalized spacial score (nSPS) is 23.1. The summed E-state index contributed by atoms with van der Waals surface area (Å²) < 4.78 is 19.4. The summed E-state index contributed by atoms with van der Waals surface area (Å²) in [4.78, 5) is 44.8. The molecule has 7 nitrogen and oxygen atoms in total. The Morgan fingerprint density at radius 3 is 2.21 bits per heavy atom. The molecule has 0 aromatic heterocycles. The second-order valence-electron chi connectivity index (χ2n) is 9.97. The van der Waals surface area contributed by atoms with Crippen molar-refractivity contribution in [1.29, 1.82) is 0 Å². The van der Waals surface area contributed by atoms with E-state index in [-0.39, 0.29) is 5.78 Å². The highest BCUT2D eigenvalue weighted by atomic mass is 35.5. The predicted molar refractivity (Wildman–Crippen MR) is 145 cm³/mol. The van der Waals surface area contributed by atoms with Gasteiger partial charge in [0.25, 0.3) is 0 Å². The first-order valence-corrected chi connectivity index (χ1v) is 13.2. The second kappa shape index (κ2) is 11.2. The highest BCUT2D eigenvalue weighted by Crippen LogP contribution is 2.51. The molecule has 0 saturated carbocycles. The molecular weight excluding hydrogens is 521 g/mol. The molecule has 0 aliphatic carbocycles. The van der Waals surface area contributed by atoms with Crippen molar-refractivity contribution in [2.45, 2.75) is 24.9 Å². The fourth-order valence-corrected chi connectivity index (χ4v) is 5.91. The number of rotatable bonds is 5. The number of carbonyl (C=O) groups is 3. The van der Waals surface area contributed by atoms with Crippen LogP contribution >= 0.6 is 11.6 Å². The minimum absolute atomic E-state index is 0.239. The van der Waals surface area contributed by atoms with E-state index in [9.17, 15) is 18.8 Å². The molecule has 9 heteroatoms. The van der Waals surface area contributed by atoms with Gasteiger partial charge in [0.1, 0.15) is 11.9 Å². The molecule has 3 aromatic carbocycles. The third-order valence-electron chi connectivity index (χ3n) is 7.53. The van der Waals surface area contributed by atoms with Crippen LogP contribution in [0.5, 0.6) is 0 Å². The summed E-state index contributed by atoms with van der Waals surface area (Å²) >= 11 is 6.19. The summed E-state index contributed by atoms with van der Waals surface area (Å²) in [5, 5.41) is 0.492. The maximum atomic E-state index is 14.4. The zero-order valence-electron chi connectivity index (χ0n) is 21.4. The van der Waals surface area contributed by atoms with Crippen molar-refractivity contribution in [1.82, 2.24) is 9.80 Å². The Balaban J connectivity index is 1.73. The number of nitrogens with two attached hydrogens (primary N) is 1. The van der Waals surface area contributed by atoms with E-state index in [0.717, 1.165) is 5.56 Å². The lowest BCUT2D eigenvalue weighted by molar-refractivity contribution is -0.122. The first-order chi connectivity index (χ1) is 18.8. The van der Waals surface area contributed by atoms with E-state index in [4.69, 9.17) is 22.1 Å². The van der Waals surface area contributed by atoms with E-state index in [0.29, 0.717) is 48.0 Å². The van der Waals surface area contributed by atoms with Crippen LogP contribution in [0, 0.1) is 18.7 Å². The Morgan fingerprint density at radius 2 is 1.59 bits per heavy atom. The average molecular weight is 550 g/mol. The zero-order chi connectivity index (χ0) is 27.7. The van der Waals surface area contributed by atoms with Gasteiger partial charge in [-0.3, -0.25) is 9.59 Å². The number of morpholine rings is 1. The Hall–Kier alpha value is -3.75. The number of primary amides is 1. The number of benzene rings is 3. The van der Waals surface area contributed by atoms with Gasteiger partial charge in [-0.2, -0.15) is 0 Å². The van der Waals surface area contributed by atoms with E-state index in [1.54, 1.807) is 59.5 Å². The molecule has 4 atom stereocenters. The number of urea groups is 1. The first-order valence-electron chi connectivity index (χ1n) is 12.8. The molecule has 4 unspecified atom stereocenters. The predicted octanol–water partition coefficient (Wildman–Crippen LogP) is 4.73. The number of likely N-dealkylation sites (tertiary alicyclic amines) is 1. The fourth-order valence-electron chi connectivity index (χ4n) is 5.78. The number of hydrogen-bond donors (Lipinski definition) is 1. The molecule has 3 aromatic rings. The molecule has 0 bridgehead atoms. The van der Waals surface area contributed by atoms with Crippen molar-refractivity contribution in [3.8, 4) is 0 Å². The monoisotopic (exact) mass is 549 g/mol. The van der Waals surface area contributed by atoms with Crippen LogP contribution in [0.2, 0.25) is 5.02 Å². The van der Waals surface area contributed by atoms with Crippen LogP contribution in [0.15, 0.2) is 72.8 Å². The Labute approximate surface area is 231 Å². The third-order valence-corrected chi connectivity index (χ3v) is 7.78. The fraction of sp³-hybridized carbons (Fsp3) is 0.300.